The lowest BCUT2D eigenvalue weighted by atomic mass is 10.3. The Morgan fingerprint density at radius 1 is 1.53 bits per heavy atom. The highest BCUT2D eigenvalue weighted by Crippen LogP contribution is 2.19. The standard InChI is InChI=1S/C7H12BrF2NO3S/c1-5-3-11(4-6(2-8)14-5)15(12,13)7(9)10/h5-7H,2-4H2,1H3. The molecule has 1 aliphatic heterocycles. The number of hydrogen-bond donors (Lipinski definition) is 0. The fraction of sp³-hybridized carbons (Fsp3) is 1.00. The highest BCUT2D eigenvalue weighted by molar-refractivity contribution is 9.09. The molecule has 0 bridgehead atoms. The Kier molecular flexibility index (Phi) is 4.45. The molecule has 0 saturated carbocycles. The quantitative estimate of drug-likeness (QED) is 0.732. The zero-order chi connectivity index (χ0) is 11.6. The van der Waals surface area contributed by atoms with Gasteiger partial charge in [-0.15, -0.1) is 0 Å². The molecule has 0 amide bonds. The number of alkyl halides is 3. The molecule has 0 radical (unpaired) electrons. The second-order valence-corrected chi connectivity index (χ2v) is 5.90. The van der Waals surface area contributed by atoms with Gasteiger partial charge in [-0.05, 0) is 6.92 Å². The first kappa shape index (κ1) is 13.3. The molecular weight excluding hydrogens is 296 g/mol. The number of nitrogens with zero attached hydrogens (tertiary/aromatic N) is 1. The molecule has 8 heteroatoms. The van der Waals surface area contributed by atoms with Crippen LogP contribution in [-0.2, 0) is 14.8 Å². The van der Waals surface area contributed by atoms with E-state index in [1.54, 1.807) is 6.92 Å². The van der Waals surface area contributed by atoms with Crippen LogP contribution in [0.5, 0.6) is 0 Å². The van der Waals surface area contributed by atoms with Crippen molar-refractivity contribution in [1.82, 2.24) is 4.31 Å². The summed E-state index contributed by atoms with van der Waals surface area (Å²) in [5.74, 6) is -3.36. The molecule has 0 N–H and O–H groups in total. The molecule has 1 fully saturated rings. The third-order valence-corrected chi connectivity index (χ3v) is 4.24. The van der Waals surface area contributed by atoms with E-state index in [1.807, 2.05) is 0 Å². The summed E-state index contributed by atoms with van der Waals surface area (Å²) in [5, 5.41) is 0.423. The lowest BCUT2D eigenvalue weighted by Gasteiger charge is -2.34. The summed E-state index contributed by atoms with van der Waals surface area (Å²) in [6, 6.07) is 0. The summed E-state index contributed by atoms with van der Waals surface area (Å²) in [7, 11) is -4.48. The Labute approximate surface area is 95.8 Å². The van der Waals surface area contributed by atoms with E-state index in [0.717, 1.165) is 4.31 Å². The number of halogens is 3. The van der Waals surface area contributed by atoms with Crippen molar-refractivity contribution < 1.29 is 21.9 Å². The summed E-state index contributed by atoms with van der Waals surface area (Å²) in [6.07, 6.45) is -0.739. The molecule has 0 aromatic carbocycles. The number of rotatable bonds is 3. The van der Waals surface area contributed by atoms with Crippen LogP contribution in [0.3, 0.4) is 0 Å². The van der Waals surface area contributed by atoms with Gasteiger partial charge in [0.25, 0.3) is 10.0 Å². The van der Waals surface area contributed by atoms with Crippen molar-refractivity contribution >= 4 is 26.0 Å². The molecule has 15 heavy (non-hydrogen) atoms. The molecule has 0 spiro atoms. The Balaban J connectivity index is 2.78. The molecule has 1 aliphatic rings. The van der Waals surface area contributed by atoms with Crippen LogP contribution in [0.1, 0.15) is 6.92 Å². The van der Waals surface area contributed by atoms with Crippen molar-refractivity contribution in [1.29, 1.82) is 0 Å². The van der Waals surface area contributed by atoms with Crippen molar-refractivity contribution in [2.45, 2.75) is 24.9 Å². The second kappa shape index (κ2) is 5.03. The predicted octanol–water partition coefficient (Wildman–Crippen LogP) is 1.02. The molecule has 0 aromatic heterocycles. The lowest BCUT2D eigenvalue weighted by Crippen LogP contribution is -2.51. The largest absolute Gasteiger partial charge is 0.372 e. The number of sulfonamides is 1. The average molecular weight is 308 g/mol. The number of ether oxygens (including phenoxy) is 1. The normalized spacial score (nSPS) is 29.7. The van der Waals surface area contributed by atoms with Gasteiger partial charge in [0.15, 0.2) is 0 Å². The third kappa shape index (κ3) is 3.08. The molecule has 90 valence electrons. The van der Waals surface area contributed by atoms with Crippen LogP contribution in [0.15, 0.2) is 0 Å². The van der Waals surface area contributed by atoms with Gasteiger partial charge in [-0.25, -0.2) is 8.42 Å². The van der Waals surface area contributed by atoms with Crippen LogP contribution in [0.25, 0.3) is 0 Å². The van der Waals surface area contributed by atoms with Gasteiger partial charge in [0.05, 0.1) is 12.2 Å². The summed E-state index contributed by atoms with van der Waals surface area (Å²) in [5.41, 5.74) is 0. The van der Waals surface area contributed by atoms with Gasteiger partial charge in [-0.3, -0.25) is 0 Å². The zero-order valence-corrected chi connectivity index (χ0v) is 10.5. The van der Waals surface area contributed by atoms with Gasteiger partial charge in [-0.1, -0.05) is 15.9 Å². The first-order chi connectivity index (χ1) is 6.87. The van der Waals surface area contributed by atoms with Crippen molar-refractivity contribution in [3.05, 3.63) is 0 Å². The maximum absolute atomic E-state index is 12.3. The van der Waals surface area contributed by atoms with Gasteiger partial charge in [0.1, 0.15) is 0 Å². The zero-order valence-electron chi connectivity index (χ0n) is 8.07. The van der Waals surface area contributed by atoms with E-state index in [0.29, 0.717) is 5.33 Å². The van der Waals surface area contributed by atoms with E-state index in [1.165, 1.54) is 0 Å². The molecule has 2 atom stereocenters. The van der Waals surface area contributed by atoms with E-state index in [-0.39, 0.29) is 25.3 Å². The molecule has 0 aromatic rings. The van der Waals surface area contributed by atoms with Gasteiger partial charge in [0, 0.05) is 18.4 Å². The highest BCUT2D eigenvalue weighted by Gasteiger charge is 2.37. The third-order valence-electron chi connectivity index (χ3n) is 2.05. The molecule has 2 unspecified atom stereocenters. The van der Waals surface area contributed by atoms with Crippen LogP contribution < -0.4 is 0 Å². The molecule has 1 saturated heterocycles. The summed E-state index contributed by atoms with van der Waals surface area (Å²) < 4.78 is 53.1. The topological polar surface area (TPSA) is 46.6 Å². The average Bonchev–Trinajstić information content (AvgIpc) is 2.16. The summed E-state index contributed by atoms with van der Waals surface area (Å²) in [4.78, 5) is 0. The summed E-state index contributed by atoms with van der Waals surface area (Å²) in [6.45, 7) is 1.61. The van der Waals surface area contributed by atoms with Gasteiger partial charge < -0.3 is 4.74 Å². The van der Waals surface area contributed by atoms with Crippen molar-refractivity contribution in [3.8, 4) is 0 Å². The molecule has 1 heterocycles. The van der Waals surface area contributed by atoms with Gasteiger partial charge >= 0.3 is 5.76 Å². The van der Waals surface area contributed by atoms with Crippen molar-refractivity contribution in [3.63, 3.8) is 0 Å². The Hall–Kier alpha value is 0.210. The fourth-order valence-corrected chi connectivity index (χ4v) is 2.78. The molecule has 1 rings (SSSR count). The summed E-state index contributed by atoms with van der Waals surface area (Å²) >= 11 is 3.14. The Morgan fingerprint density at radius 2 is 2.13 bits per heavy atom. The lowest BCUT2D eigenvalue weighted by molar-refractivity contribution is -0.0424. The van der Waals surface area contributed by atoms with Crippen LogP contribution in [0.2, 0.25) is 0 Å². The Bertz CT molecular complexity index is 311. The van der Waals surface area contributed by atoms with Crippen LogP contribution in [0.4, 0.5) is 8.78 Å². The van der Waals surface area contributed by atoms with Crippen LogP contribution in [0, 0.1) is 0 Å². The van der Waals surface area contributed by atoms with E-state index in [4.69, 9.17) is 4.74 Å². The van der Waals surface area contributed by atoms with Crippen LogP contribution in [-0.4, -0.2) is 49.1 Å². The van der Waals surface area contributed by atoms with Gasteiger partial charge in [-0.2, -0.15) is 13.1 Å². The molecular formula is C7H12BrF2NO3S. The smallest absolute Gasteiger partial charge is 0.350 e. The monoisotopic (exact) mass is 307 g/mol. The van der Waals surface area contributed by atoms with Crippen molar-refractivity contribution in [2.24, 2.45) is 0 Å². The maximum Gasteiger partial charge on any atom is 0.350 e. The first-order valence-corrected chi connectivity index (χ1v) is 6.99. The van der Waals surface area contributed by atoms with Gasteiger partial charge in [0.2, 0.25) is 0 Å². The van der Waals surface area contributed by atoms with Crippen molar-refractivity contribution in [2.75, 3.05) is 18.4 Å². The number of morpholine rings is 1. The minimum absolute atomic E-state index is 0.0177. The van der Waals surface area contributed by atoms with Crippen LogP contribution >= 0.6 is 15.9 Å². The van der Waals surface area contributed by atoms with E-state index in [2.05, 4.69) is 15.9 Å². The predicted molar refractivity (Wildman–Crippen MR) is 54.6 cm³/mol. The van der Waals surface area contributed by atoms with E-state index in [9.17, 15) is 17.2 Å². The Morgan fingerprint density at radius 3 is 2.60 bits per heavy atom. The first-order valence-electron chi connectivity index (χ1n) is 4.36. The SMILES string of the molecule is CC1CN(S(=O)(=O)C(F)F)CC(CBr)O1. The second-order valence-electron chi connectivity index (χ2n) is 3.35. The minimum Gasteiger partial charge on any atom is -0.372 e. The molecule has 4 nitrogen and oxygen atoms in total. The minimum atomic E-state index is -4.48. The maximum atomic E-state index is 12.3. The number of hydrogen-bond acceptors (Lipinski definition) is 3. The fourth-order valence-electron chi connectivity index (χ4n) is 1.41. The molecule has 0 aliphatic carbocycles. The highest BCUT2D eigenvalue weighted by atomic mass is 79.9. The van der Waals surface area contributed by atoms with E-state index < -0.39 is 15.8 Å². The van der Waals surface area contributed by atoms with E-state index >= 15 is 0 Å².